The fourth-order valence-corrected chi connectivity index (χ4v) is 0.718. The number of nitrogens with zero attached hydrogens (tertiary/aromatic N) is 1. The normalized spacial score (nSPS) is 10.5. The van der Waals surface area contributed by atoms with E-state index < -0.39 is 0 Å². The van der Waals surface area contributed by atoms with Crippen molar-refractivity contribution in [3.63, 3.8) is 0 Å². The molecule has 0 unspecified atom stereocenters. The van der Waals surface area contributed by atoms with Crippen LogP contribution in [0.1, 0.15) is 0 Å². The molecular formula is C8H9FN+. The van der Waals surface area contributed by atoms with E-state index in [4.69, 9.17) is 0 Å². The van der Waals surface area contributed by atoms with Gasteiger partial charge in [0.2, 0.25) is 0 Å². The van der Waals surface area contributed by atoms with Crippen LogP contribution in [-0.2, 0) is 6.54 Å². The topological polar surface area (TPSA) is 3.88 Å². The first-order chi connectivity index (χ1) is 4.93. The minimum Gasteiger partial charge on any atom is -0.216 e. The second-order valence-corrected chi connectivity index (χ2v) is 1.93. The maximum atomic E-state index is 11.5. The molecule has 0 saturated heterocycles. The van der Waals surface area contributed by atoms with Gasteiger partial charge in [0, 0.05) is 18.2 Å². The van der Waals surface area contributed by atoms with Gasteiger partial charge in [0.15, 0.2) is 18.9 Å². The lowest BCUT2D eigenvalue weighted by Crippen LogP contribution is -2.30. The Morgan fingerprint density at radius 2 is 1.90 bits per heavy atom. The highest BCUT2D eigenvalue weighted by atomic mass is 19.1. The SMILES string of the molecule is FC=CC[n+]1ccccc1. The van der Waals surface area contributed by atoms with Gasteiger partial charge in [-0.05, 0) is 0 Å². The smallest absolute Gasteiger partial charge is 0.169 e. The number of hydrogen-bond donors (Lipinski definition) is 0. The van der Waals surface area contributed by atoms with E-state index in [9.17, 15) is 4.39 Å². The summed E-state index contributed by atoms with van der Waals surface area (Å²) in [7, 11) is 0. The van der Waals surface area contributed by atoms with E-state index >= 15 is 0 Å². The molecular weight excluding hydrogens is 129 g/mol. The Hall–Kier alpha value is -1.18. The average molecular weight is 138 g/mol. The predicted octanol–water partition coefficient (Wildman–Crippen LogP) is 1.46. The lowest BCUT2D eigenvalue weighted by Gasteiger charge is -1.86. The van der Waals surface area contributed by atoms with Crippen LogP contribution in [-0.4, -0.2) is 0 Å². The zero-order valence-corrected chi connectivity index (χ0v) is 5.57. The third-order valence-corrected chi connectivity index (χ3v) is 1.18. The zero-order valence-electron chi connectivity index (χ0n) is 5.57. The second kappa shape index (κ2) is 3.77. The Balaban J connectivity index is 2.59. The van der Waals surface area contributed by atoms with Crippen LogP contribution < -0.4 is 4.57 Å². The monoisotopic (exact) mass is 138 g/mol. The average Bonchev–Trinajstić information content (AvgIpc) is 2.03. The Labute approximate surface area is 59.4 Å². The number of rotatable bonds is 2. The maximum absolute atomic E-state index is 11.5. The number of aromatic nitrogens is 1. The molecule has 0 aliphatic carbocycles. The number of allylic oxidation sites excluding steroid dienone is 1. The summed E-state index contributed by atoms with van der Waals surface area (Å²) in [5.41, 5.74) is 0. The van der Waals surface area contributed by atoms with Gasteiger partial charge in [0.05, 0.1) is 6.33 Å². The first-order valence-electron chi connectivity index (χ1n) is 3.13. The Kier molecular flexibility index (Phi) is 2.62. The third-order valence-electron chi connectivity index (χ3n) is 1.18. The van der Waals surface area contributed by atoms with Gasteiger partial charge in [0.25, 0.3) is 0 Å². The molecule has 10 heavy (non-hydrogen) atoms. The molecule has 1 heterocycles. The van der Waals surface area contributed by atoms with Crippen molar-refractivity contribution in [2.24, 2.45) is 0 Å². The molecule has 0 saturated carbocycles. The van der Waals surface area contributed by atoms with Crippen molar-refractivity contribution in [2.75, 3.05) is 0 Å². The van der Waals surface area contributed by atoms with E-state index in [1.54, 1.807) is 0 Å². The summed E-state index contributed by atoms with van der Waals surface area (Å²) in [4.78, 5) is 0. The quantitative estimate of drug-likeness (QED) is 0.545. The Bertz CT molecular complexity index is 206. The molecule has 0 atom stereocenters. The van der Waals surface area contributed by atoms with Gasteiger partial charge < -0.3 is 0 Å². The largest absolute Gasteiger partial charge is 0.216 e. The highest BCUT2D eigenvalue weighted by molar-refractivity contribution is 4.84. The maximum Gasteiger partial charge on any atom is 0.169 e. The molecule has 0 radical (unpaired) electrons. The van der Waals surface area contributed by atoms with Gasteiger partial charge in [-0.25, -0.2) is 8.96 Å². The van der Waals surface area contributed by atoms with E-state index in [1.165, 1.54) is 6.08 Å². The van der Waals surface area contributed by atoms with Crippen molar-refractivity contribution in [3.05, 3.63) is 43.0 Å². The molecule has 0 bridgehead atoms. The molecule has 0 aromatic carbocycles. The van der Waals surface area contributed by atoms with E-state index in [0.29, 0.717) is 12.9 Å². The molecule has 1 aromatic rings. The Morgan fingerprint density at radius 3 is 2.50 bits per heavy atom. The number of hydrogen-bond acceptors (Lipinski definition) is 0. The van der Waals surface area contributed by atoms with Gasteiger partial charge in [-0.3, -0.25) is 0 Å². The lowest BCUT2D eigenvalue weighted by molar-refractivity contribution is -0.687. The van der Waals surface area contributed by atoms with E-state index in [2.05, 4.69) is 0 Å². The highest BCUT2D eigenvalue weighted by Crippen LogP contribution is 1.78. The fraction of sp³-hybridized carbons (Fsp3) is 0.125. The molecule has 1 nitrogen and oxygen atoms in total. The van der Waals surface area contributed by atoms with E-state index in [1.807, 2.05) is 35.2 Å². The highest BCUT2D eigenvalue weighted by Gasteiger charge is 1.89. The van der Waals surface area contributed by atoms with Crippen LogP contribution in [0.25, 0.3) is 0 Å². The minimum atomic E-state index is 0.556. The van der Waals surface area contributed by atoms with Crippen LogP contribution in [0.15, 0.2) is 43.0 Å². The van der Waals surface area contributed by atoms with E-state index in [-0.39, 0.29) is 0 Å². The second-order valence-electron chi connectivity index (χ2n) is 1.93. The molecule has 1 rings (SSSR count). The number of pyridine rings is 1. The van der Waals surface area contributed by atoms with Crippen molar-refractivity contribution in [1.29, 1.82) is 0 Å². The molecule has 0 N–H and O–H groups in total. The molecule has 1 aromatic heterocycles. The van der Waals surface area contributed by atoms with E-state index in [0.717, 1.165) is 0 Å². The fourth-order valence-electron chi connectivity index (χ4n) is 0.718. The van der Waals surface area contributed by atoms with Crippen molar-refractivity contribution >= 4 is 0 Å². The lowest BCUT2D eigenvalue weighted by atomic mass is 10.5. The summed E-state index contributed by atoms with van der Waals surface area (Å²) in [5.74, 6) is 0. The molecule has 0 fully saturated rings. The van der Waals surface area contributed by atoms with Crippen molar-refractivity contribution < 1.29 is 8.96 Å². The summed E-state index contributed by atoms with van der Waals surface area (Å²) in [6.07, 6.45) is 5.79. The van der Waals surface area contributed by atoms with Crippen molar-refractivity contribution in [1.82, 2.24) is 0 Å². The van der Waals surface area contributed by atoms with Gasteiger partial charge >= 0.3 is 0 Å². The van der Waals surface area contributed by atoms with Gasteiger partial charge in [-0.1, -0.05) is 6.07 Å². The first-order valence-corrected chi connectivity index (χ1v) is 3.13. The molecule has 2 heteroatoms. The summed E-state index contributed by atoms with van der Waals surface area (Å²) in [5, 5.41) is 0. The molecule has 0 aliphatic rings. The predicted molar refractivity (Wildman–Crippen MR) is 36.9 cm³/mol. The summed E-state index contributed by atoms with van der Waals surface area (Å²) >= 11 is 0. The van der Waals surface area contributed by atoms with Crippen LogP contribution in [0.5, 0.6) is 0 Å². The van der Waals surface area contributed by atoms with Gasteiger partial charge in [-0.15, -0.1) is 0 Å². The Morgan fingerprint density at radius 1 is 1.20 bits per heavy atom. The van der Waals surface area contributed by atoms with Crippen LogP contribution in [0.4, 0.5) is 4.39 Å². The van der Waals surface area contributed by atoms with Crippen LogP contribution >= 0.6 is 0 Å². The molecule has 0 amide bonds. The van der Waals surface area contributed by atoms with Gasteiger partial charge in [-0.2, -0.15) is 0 Å². The molecule has 0 aliphatic heterocycles. The number of halogens is 1. The van der Waals surface area contributed by atoms with Crippen LogP contribution in [0, 0.1) is 0 Å². The van der Waals surface area contributed by atoms with Crippen molar-refractivity contribution in [2.45, 2.75) is 6.54 Å². The zero-order chi connectivity index (χ0) is 7.23. The third kappa shape index (κ3) is 1.97. The molecule has 0 spiro atoms. The van der Waals surface area contributed by atoms with Crippen LogP contribution in [0.2, 0.25) is 0 Å². The molecule has 52 valence electrons. The standard InChI is InChI=1S/C8H9FN/c9-5-4-8-10-6-2-1-3-7-10/h1-7H,8H2/q+1. The first kappa shape index (κ1) is 6.93. The minimum absolute atomic E-state index is 0.556. The summed E-state index contributed by atoms with van der Waals surface area (Å²) in [6.45, 7) is 0.595. The van der Waals surface area contributed by atoms with Crippen molar-refractivity contribution in [3.8, 4) is 0 Å². The summed E-state index contributed by atoms with van der Waals surface area (Å²) < 4.78 is 13.4. The van der Waals surface area contributed by atoms with Gasteiger partial charge in [0.1, 0.15) is 0 Å². The van der Waals surface area contributed by atoms with Crippen LogP contribution in [0.3, 0.4) is 0 Å². The summed E-state index contributed by atoms with van der Waals surface area (Å²) in [6, 6.07) is 5.74.